The van der Waals surface area contributed by atoms with Gasteiger partial charge >= 0.3 is 0 Å². The van der Waals surface area contributed by atoms with E-state index in [9.17, 15) is 4.79 Å². The number of hydrogen-bond donors (Lipinski definition) is 1. The molecule has 1 N–H and O–H groups in total. The molecule has 2 heterocycles. The number of amides is 1. The third-order valence-electron chi connectivity index (χ3n) is 5.51. The highest BCUT2D eigenvalue weighted by Crippen LogP contribution is 2.54. The second-order valence-electron chi connectivity index (χ2n) is 7.27. The summed E-state index contributed by atoms with van der Waals surface area (Å²) in [6, 6.07) is 8.20. The van der Waals surface area contributed by atoms with E-state index in [0.717, 1.165) is 45.0 Å². The lowest BCUT2D eigenvalue weighted by atomic mass is 10.0. The molecule has 1 spiro atoms. The fourth-order valence-electron chi connectivity index (χ4n) is 3.90. The average Bonchev–Trinajstić information content (AvgIpc) is 3.24. The number of anilines is 2. The standard InChI is InChI=1S/C18H25N3O2/c1-20-13-18(6-7-18)12-16(20)17(22)19-14-2-4-15(5-3-14)21-8-10-23-11-9-21/h2-5,16H,6-13H2,1H3,(H,19,22)/t16-/m0/s1. The molecule has 5 heteroatoms. The molecule has 3 fully saturated rings. The highest BCUT2D eigenvalue weighted by molar-refractivity contribution is 5.95. The normalized spacial score (nSPS) is 26.5. The number of likely N-dealkylation sites (N-methyl/N-ethyl adjacent to an activating group) is 1. The van der Waals surface area contributed by atoms with Gasteiger partial charge in [-0.2, -0.15) is 0 Å². The number of nitrogens with zero attached hydrogens (tertiary/aromatic N) is 2. The lowest BCUT2D eigenvalue weighted by molar-refractivity contribution is -0.120. The Bertz CT molecular complexity index is 576. The van der Waals surface area contributed by atoms with Crippen LogP contribution in [0.2, 0.25) is 0 Å². The number of nitrogens with one attached hydrogen (secondary N) is 1. The van der Waals surface area contributed by atoms with Crippen LogP contribution in [0.1, 0.15) is 19.3 Å². The Morgan fingerprint density at radius 1 is 1.22 bits per heavy atom. The summed E-state index contributed by atoms with van der Waals surface area (Å²) in [5, 5.41) is 3.09. The molecular formula is C18H25N3O2. The molecule has 1 aromatic rings. The number of morpholine rings is 1. The Balaban J connectivity index is 1.37. The monoisotopic (exact) mass is 315 g/mol. The number of ether oxygens (including phenoxy) is 1. The second kappa shape index (κ2) is 5.80. The molecule has 0 radical (unpaired) electrons. The highest BCUT2D eigenvalue weighted by atomic mass is 16.5. The molecule has 0 unspecified atom stereocenters. The lowest BCUT2D eigenvalue weighted by Gasteiger charge is -2.29. The Morgan fingerprint density at radius 2 is 1.91 bits per heavy atom. The van der Waals surface area contributed by atoms with Gasteiger partial charge in [0, 0.05) is 31.0 Å². The fourth-order valence-corrected chi connectivity index (χ4v) is 3.90. The molecule has 23 heavy (non-hydrogen) atoms. The van der Waals surface area contributed by atoms with Gasteiger partial charge in [0.1, 0.15) is 0 Å². The highest BCUT2D eigenvalue weighted by Gasteiger charge is 2.52. The number of benzene rings is 1. The quantitative estimate of drug-likeness (QED) is 0.926. The minimum atomic E-state index is 0.0245. The van der Waals surface area contributed by atoms with Crippen molar-refractivity contribution in [2.24, 2.45) is 5.41 Å². The zero-order valence-electron chi connectivity index (χ0n) is 13.8. The fraction of sp³-hybridized carbons (Fsp3) is 0.611. The largest absolute Gasteiger partial charge is 0.378 e. The zero-order chi connectivity index (χ0) is 15.9. The van der Waals surface area contributed by atoms with Crippen molar-refractivity contribution in [3.63, 3.8) is 0 Å². The molecule has 124 valence electrons. The summed E-state index contributed by atoms with van der Waals surface area (Å²) in [4.78, 5) is 17.1. The molecule has 0 bridgehead atoms. The summed E-state index contributed by atoms with van der Waals surface area (Å²) in [7, 11) is 2.07. The van der Waals surface area contributed by atoms with E-state index in [1.807, 2.05) is 12.1 Å². The maximum atomic E-state index is 12.5. The third-order valence-corrected chi connectivity index (χ3v) is 5.51. The van der Waals surface area contributed by atoms with Crippen molar-refractivity contribution in [2.45, 2.75) is 25.3 Å². The molecule has 1 saturated carbocycles. The molecule has 3 aliphatic rings. The van der Waals surface area contributed by atoms with Crippen LogP contribution >= 0.6 is 0 Å². The first kappa shape index (κ1) is 15.0. The second-order valence-corrected chi connectivity index (χ2v) is 7.27. The molecule has 1 aromatic carbocycles. The molecule has 1 atom stereocenters. The van der Waals surface area contributed by atoms with Crippen molar-refractivity contribution in [3.8, 4) is 0 Å². The van der Waals surface area contributed by atoms with E-state index in [-0.39, 0.29) is 11.9 Å². The van der Waals surface area contributed by atoms with Crippen molar-refractivity contribution in [2.75, 3.05) is 50.1 Å². The summed E-state index contributed by atoms with van der Waals surface area (Å²) < 4.78 is 5.38. The van der Waals surface area contributed by atoms with Gasteiger partial charge in [-0.3, -0.25) is 9.69 Å². The van der Waals surface area contributed by atoms with Gasteiger partial charge in [0.15, 0.2) is 0 Å². The van der Waals surface area contributed by atoms with E-state index >= 15 is 0 Å². The number of hydrogen-bond acceptors (Lipinski definition) is 4. The molecule has 2 aliphatic heterocycles. The van der Waals surface area contributed by atoms with Gasteiger partial charge in [0.05, 0.1) is 19.3 Å². The van der Waals surface area contributed by atoms with Gasteiger partial charge in [0.2, 0.25) is 5.91 Å². The van der Waals surface area contributed by atoms with Gasteiger partial charge in [-0.1, -0.05) is 0 Å². The first-order valence-corrected chi connectivity index (χ1v) is 8.59. The predicted molar refractivity (Wildman–Crippen MR) is 90.8 cm³/mol. The van der Waals surface area contributed by atoms with E-state index < -0.39 is 0 Å². The predicted octanol–water partition coefficient (Wildman–Crippen LogP) is 1.95. The van der Waals surface area contributed by atoms with Crippen molar-refractivity contribution in [1.29, 1.82) is 0 Å². The van der Waals surface area contributed by atoms with Crippen LogP contribution in [-0.4, -0.2) is 56.7 Å². The Hall–Kier alpha value is -1.59. The van der Waals surface area contributed by atoms with Crippen LogP contribution in [0, 0.1) is 5.41 Å². The minimum absolute atomic E-state index is 0.0245. The number of likely N-dealkylation sites (tertiary alicyclic amines) is 1. The summed E-state index contributed by atoms with van der Waals surface area (Å²) in [6.07, 6.45) is 3.59. The molecule has 5 nitrogen and oxygen atoms in total. The zero-order valence-corrected chi connectivity index (χ0v) is 13.8. The van der Waals surface area contributed by atoms with E-state index in [4.69, 9.17) is 4.74 Å². The number of carbonyl (C=O) groups is 1. The molecule has 4 rings (SSSR count). The molecule has 1 aliphatic carbocycles. The van der Waals surface area contributed by atoms with Crippen LogP contribution in [0.15, 0.2) is 24.3 Å². The maximum Gasteiger partial charge on any atom is 0.241 e. The van der Waals surface area contributed by atoms with Gasteiger partial charge in [-0.05, 0) is 56.0 Å². The molecule has 1 amide bonds. The third kappa shape index (κ3) is 3.08. The van der Waals surface area contributed by atoms with E-state index in [1.165, 1.54) is 18.5 Å². The SMILES string of the molecule is CN1CC2(CC2)C[C@H]1C(=O)Nc1ccc(N2CCOCC2)cc1. The van der Waals surface area contributed by atoms with Crippen LogP contribution < -0.4 is 10.2 Å². The van der Waals surface area contributed by atoms with Gasteiger partial charge in [0.25, 0.3) is 0 Å². The summed E-state index contributed by atoms with van der Waals surface area (Å²) >= 11 is 0. The van der Waals surface area contributed by atoms with E-state index in [2.05, 4.69) is 34.3 Å². The Morgan fingerprint density at radius 3 is 2.52 bits per heavy atom. The van der Waals surface area contributed by atoms with Gasteiger partial charge in [-0.25, -0.2) is 0 Å². The average molecular weight is 315 g/mol. The van der Waals surface area contributed by atoms with Crippen molar-refractivity contribution in [3.05, 3.63) is 24.3 Å². The van der Waals surface area contributed by atoms with Crippen LogP contribution in [0.25, 0.3) is 0 Å². The Labute approximate surface area is 137 Å². The molecular weight excluding hydrogens is 290 g/mol. The minimum Gasteiger partial charge on any atom is -0.378 e. The topological polar surface area (TPSA) is 44.8 Å². The maximum absolute atomic E-state index is 12.5. The summed E-state index contributed by atoms with van der Waals surface area (Å²) in [5.74, 6) is 0.135. The van der Waals surface area contributed by atoms with Crippen LogP contribution in [0.5, 0.6) is 0 Å². The van der Waals surface area contributed by atoms with Crippen molar-refractivity contribution < 1.29 is 9.53 Å². The first-order valence-electron chi connectivity index (χ1n) is 8.59. The Kier molecular flexibility index (Phi) is 3.77. The van der Waals surface area contributed by atoms with E-state index in [1.54, 1.807) is 0 Å². The van der Waals surface area contributed by atoms with Crippen LogP contribution in [0.3, 0.4) is 0 Å². The van der Waals surface area contributed by atoms with Gasteiger partial charge < -0.3 is 15.0 Å². The summed E-state index contributed by atoms with van der Waals surface area (Å²) in [6.45, 7) is 4.50. The van der Waals surface area contributed by atoms with E-state index in [0.29, 0.717) is 5.41 Å². The summed E-state index contributed by atoms with van der Waals surface area (Å²) in [5.41, 5.74) is 2.54. The van der Waals surface area contributed by atoms with Gasteiger partial charge in [-0.15, -0.1) is 0 Å². The molecule has 2 saturated heterocycles. The van der Waals surface area contributed by atoms with Crippen molar-refractivity contribution in [1.82, 2.24) is 4.90 Å². The lowest BCUT2D eigenvalue weighted by Crippen LogP contribution is -2.37. The number of carbonyl (C=O) groups excluding carboxylic acids is 1. The molecule has 0 aromatic heterocycles. The smallest absolute Gasteiger partial charge is 0.241 e. The van der Waals surface area contributed by atoms with Crippen LogP contribution in [-0.2, 0) is 9.53 Å². The van der Waals surface area contributed by atoms with Crippen molar-refractivity contribution >= 4 is 17.3 Å². The first-order chi connectivity index (χ1) is 11.2. The van der Waals surface area contributed by atoms with Crippen LogP contribution in [0.4, 0.5) is 11.4 Å². The number of rotatable bonds is 3.